The number of carboxylic acids is 1. The summed E-state index contributed by atoms with van der Waals surface area (Å²) in [5, 5.41) is 9.10. The molecule has 0 heterocycles. The monoisotopic (exact) mass is 232 g/mol. The molecule has 2 atom stereocenters. The van der Waals surface area contributed by atoms with E-state index in [1.807, 2.05) is 18.2 Å². The Morgan fingerprint density at radius 1 is 1.41 bits per heavy atom. The Balaban J connectivity index is 2.14. The first-order valence-electron chi connectivity index (χ1n) is 6.35. The van der Waals surface area contributed by atoms with Gasteiger partial charge in [0.2, 0.25) is 0 Å². The van der Waals surface area contributed by atoms with Gasteiger partial charge in [-0.25, -0.2) is 0 Å². The molecule has 0 bridgehead atoms. The molecule has 2 rings (SSSR count). The second-order valence-corrected chi connectivity index (χ2v) is 5.58. The summed E-state index contributed by atoms with van der Waals surface area (Å²) < 4.78 is 0. The van der Waals surface area contributed by atoms with Crippen LogP contribution in [0.4, 0.5) is 0 Å². The quantitative estimate of drug-likeness (QED) is 0.862. The zero-order valence-corrected chi connectivity index (χ0v) is 10.4. The van der Waals surface area contributed by atoms with Gasteiger partial charge in [-0.05, 0) is 36.2 Å². The van der Waals surface area contributed by atoms with Gasteiger partial charge in [0.05, 0.1) is 6.42 Å². The SMILES string of the molecule is C[C@@H]1CC[C@](CC(=O)O)(Cc2ccccc2)C1. The summed E-state index contributed by atoms with van der Waals surface area (Å²) >= 11 is 0. The molecule has 17 heavy (non-hydrogen) atoms. The van der Waals surface area contributed by atoms with Crippen LogP contribution in [0.15, 0.2) is 30.3 Å². The van der Waals surface area contributed by atoms with Crippen LogP contribution in [0.3, 0.4) is 0 Å². The van der Waals surface area contributed by atoms with Crippen molar-refractivity contribution in [2.75, 3.05) is 0 Å². The van der Waals surface area contributed by atoms with Gasteiger partial charge in [0, 0.05) is 0 Å². The fraction of sp³-hybridized carbons (Fsp3) is 0.533. The minimum Gasteiger partial charge on any atom is -0.481 e. The summed E-state index contributed by atoms with van der Waals surface area (Å²) in [6, 6.07) is 10.3. The number of benzene rings is 1. The van der Waals surface area contributed by atoms with Gasteiger partial charge in [0.25, 0.3) is 0 Å². The van der Waals surface area contributed by atoms with Crippen LogP contribution in [-0.4, -0.2) is 11.1 Å². The highest BCUT2D eigenvalue weighted by molar-refractivity contribution is 5.67. The Morgan fingerprint density at radius 3 is 2.65 bits per heavy atom. The van der Waals surface area contributed by atoms with E-state index in [4.69, 9.17) is 5.11 Å². The van der Waals surface area contributed by atoms with Crippen molar-refractivity contribution < 1.29 is 9.90 Å². The van der Waals surface area contributed by atoms with Crippen molar-refractivity contribution in [3.63, 3.8) is 0 Å². The summed E-state index contributed by atoms with van der Waals surface area (Å²) in [6.07, 6.45) is 4.49. The van der Waals surface area contributed by atoms with Gasteiger partial charge in [-0.2, -0.15) is 0 Å². The second kappa shape index (κ2) is 4.91. The van der Waals surface area contributed by atoms with Gasteiger partial charge < -0.3 is 5.11 Å². The molecule has 1 aliphatic rings. The summed E-state index contributed by atoms with van der Waals surface area (Å²) in [5.74, 6) is 0.00749. The molecular formula is C15H20O2. The average molecular weight is 232 g/mol. The number of hydrogen-bond acceptors (Lipinski definition) is 1. The molecule has 1 aromatic rings. The molecule has 2 heteroatoms. The third kappa shape index (κ3) is 3.09. The number of rotatable bonds is 4. The molecule has 1 N–H and O–H groups in total. The lowest BCUT2D eigenvalue weighted by Crippen LogP contribution is -2.24. The van der Waals surface area contributed by atoms with E-state index >= 15 is 0 Å². The van der Waals surface area contributed by atoms with E-state index in [0.717, 1.165) is 19.3 Å². The second-order valence-electron chi connectivity index (χ2n) is 5.58. The first kappa shape index (κ1) is 12.2. The third-order valence-electron chi connectivity index (χ3n) is 3.90. The highest BCUT2D eigenvalue weighted by atomic mass is 16.4. The molecule has 0 aliphatic heterocycles. The van der Waals surface area contributed by atoms with Gasteiger partial charge in [-0.1, -0.05) is 43.7 Å². The molecule has 1 aromatic carbocycles. The topological polar surface area (TPSA) is 37.3 Å². The molecular weight excluding hydrogens is 212 g/mol. The predicted octanol–water partition coefficient (Wildman–Crippen LogP) is 3.51. The van der Waals surface area contributed by atoms with E-state index < -0.39 is 5.97 Å². The summed E-state index contributed by atoms with van der Waals surface area (Å²) in [7, 11) is 0. The fourth-order valence-electron chi connectivity index (χ4n) is 3.23. The van der Waals surface area contributed by atoms with Crippen molar-refractivity contribution in [1.82, 2.24) is 0 Å². The van der Waals surface area contributed by atoms with Gasteiger partial charge in [-0.15, -0.1) is 0 Å². The van der Waals surface area contributed by atoms with Gasteiger partial charge >= 0.3 is 5.97 Å². The lowest BCUT2D eigenvalue weighted by atomic mass is 9.76. The first-order chi connectivity index (χ1) is 8.10. The van der Waals surface area contributed by atoms with Crippen LogP contribution in [0.2, 0.25) is 0 Å². The normalized spacial score (nSPS) is 28.2. The van der Waals surface area contributed by atoms with Crippen LogP contribution in [-0.2, 0) is 11.2 Å². The molecule has 0 radical (unpaired) electrons. The maximum absolute atomic E-state index is 11.1. The predicted molar refractivity (Wildman–Crippen MR) is 67.8 cm³/mol. The fourth-order valence-corrected chi connectivity index (χ4v) is 3.23. The minimum atomic E-state index is -0.657. The number of hydrogen-bond donors (Lipinski definition) is 1. The Morgan fingerprint density at radius 2 is 2.12 bits per heavy atom. The molecule has 0 aromatic heterocycles. The molecule has 0 unspecified atom stereocenters. The number of carboxylic acid groups (broad SMARTS) is 1. The Hall–Kier alpha value is -1.31. The van der Waals surface area contributed by atoms with Crippen LogP contribution >= 0.6 is 0 Å². The molecule has 2 nitrogen and oxygen atoms in total. The third-order valence-corrected chi connectivity index (χ3v) is 3.90. The van der Waals surface area contributed by atoms with Crippen LogP contribution in [0, 0.1) is 11.3 Å². The lowest BCUT2D eigenvalue weighted by Gasteiger charge is -2.27. The van der Waals surface area contributed by atoms with Crippen LogP contribution in [0.1, 0.15) is 38.2 Å². The molecule has 0 amide bonds. The van der Waals surface area contributed by atoms with Gasteiger partial charge in [0.1, 0.15) is 0 Å². The van der Waals surface area contributed by atoms with Crippen molar-refractivity contribution >= 4 is 5.97 Å². The van der Waals surface area contributed by atoms with Crippen LogP contribution in [0.5, 0.6) is 0 Å². The van der Waals surface area contributed by atoms with Crippen molar-refractivity contribution in [2.24, 2.45) is 11.3 Å². The first-order valence-corrected chi connectivity index (χ1v) is 6.35. The molecule has 92 valence electrons. The summed E-state index contributed by atoms with van der Waals surface area (Å²) in [6.45, 7) is 2.23. The van der Waals surface area contributed by atoms with E-state index in [9.17, 15) is 4.79 Å². The number of aliphatic carboxylic acids is 1. The molecule has 0 saturated heterocycles. The molecule has 1 aliphatic carbocycles. The largest absolute Gasteiger partial charge is 0.481 e. The van der Waals surface area contributed by atoms with Crippen molar-refractivity contribution in [3.05, 3.63) is 35.9 Å². The van der Waals surface area contributed by atoms with Crippen molar-refractivity contribution in [3.8, 4) is 0 Å². The van der Waals surface area contributed by atoms with E-state index in [1.54, 1.807) is 0 Å². The maximum atomic E-state index is 11.1. The van der Waals surface area contributed by atoms with E-state index in [0.29, 0.717) is 12.3 Å². The maximum Gasteiger partial charge on any atom is 0.303 e. The molecule has 1 fully saturated rings. The Bertz CT molecular complexity index is 385. The van der Waals surface area contributed by atoms with E-state index in [2.05, 4.69) is 19.1 Å². The zero-order chi connectivity index (χ0) is 12.3. The van der Waals surface area contributed by atoms with Crippen molar-refractivity contribution in [1.29, 1.82) is 0 Å². The highest BCUT2D eigenvalue weighted by Gasteiger charge is 2.39. The van der Waals surface area contributed by atoms with E-state index in [1.165, 1.54) is 12.0 Å². The lowest BCUT2D eigenvalue weighted by molar-refractivity contribution is -0.139. The highest BCUT2D eigenvalue weighted by Crippen LogP contribution is 2.46. The molecule has 0 spiro atoms. The average Bonchev–Trinajstić information content (AvgIpc) is 2.60. The smallest absolute Gasteiger partial charge is 0.303 e. The Labute approximate surface area is 103 Å². The van der Waals surface area contributed by atoms with Crippen molar-refractivity contribution in [2.45, 2.75) is 39.0 Å². The van der Waals surface area contributed by atoms with E-state index in [-0.39, 0.29) is 5.41 Å². The Kier molecular flexibility index (Phi) is 3.51. The molecule has 1 saturated carbocycles. The zero-order valence-electron chi connectivity index (χ0n) is 10.4. The standard InChI is InChI=1S/C15H20O2/c1-12-7-8-15(9-12,11-14(16)17)10-13-5-3-2-4-6-13/h2-6,12H,7-11H2,1H3,(H,16,17)/t12-,15-/m1/s1. The minimum absolute atomic E-state index is 0.00734. The summed E-state index contributed by atoms with van der Waals surface area (Å²) in [4.78, 5) is 11.1. The summed E-state index contributed by atoms with van der Waals surface area (Å²) in [5.41, 5.74) is 1.26. The van der Waals surface area contributed by atoms with Crippen LogP contribution in [0.25, 0.3) is 0 Å². The van der Waals surface area contributed by atoms with Gasteiger partial charge in [0.15, 0.2) is 0 Å². The number of carbonyl (C=O) groups is 1. The van der Waals surface area contributed by atoms with Gasteiger partial charge in [-0.3, -0.25) is 4.79 Å². The van der Waals surface area contributed by atoms with Crippen LogP contribution < -0.4 is 0 Å².